The zero-order valence-corrected chi connectivity index (χ0v) is 14.7. The van der Waals surface area contributed by atoms with Gasteiger partial charge in [0.1, 0.15) is 5.02 Å². The molecule has 4 aromatic heterocycles. The number of nitrogens with zero attached hydrogens (tertiary/aromatic N) is 4. The van der Waals surface area contributed by atoms with Crippen molar-refractivity contribution < 1.29 is 4.79 Å². The first kappa shape index (κ1) is 16.4. The third-order valence-corrected chi connectivity index (χ3v) is 4.64. The molecular formula is C16H11ClN6O2S. The van der Waals surface area contributed by atoms with E-state index in [-0.39, 0.29) is 17.1 Å². The van der Waals surface area contributed by atoms with Crippen molar-refractivity contribution >= 4 is 34.5 Å². The van der Waals surface area contributed by atoms with Gasteiger partial charge < -0.3 is 10.3 Å². The van der Waals surface area contributed by atoms with Crippen LogP contribution in [0.1, 0.15) is 16.2 Å². The Bertz CT molecular complexity index is 1150. The van der Waals surface area contributed by atoms with E-state index >= 15 is 0 Å². The summed E-state index contributed by atoms with van der Waals surface area (Å²) in [6, 6.07) is 6.98. The van der Waals surface area contributed by atoms with E-state index in [1.165, 1.54) is 12.3 Å². The molecule has 4 heterocycles. The monoisotopic (exact) mass is 386 g/mol. The van der Waals surface area contributed by atoms with Crippen LogP contribution in [-0.4, -0.2) is 30.7 Å². The van der Waals surface area contributed by atoms with Gasteiger partial charge in [-0.2, -0.15) is 21.0 Å². The number of hydrogen-bond acceptors (Lipinski definition) is 6. The van der Waals surface area contributed by atoms with E-state index in [1.54, 1.807) is 15.9 Å². The Labute approximate surface area is 155 Å². The Hall–Kier alpha value is -3.04. The number of thiophene rings is 1. The van der Waals surface area contributed by atoms with Gasteiger partial charge in [-0.25, -0.2) is 0 Å². The fourth-order valence-corrected chi connectivity index (χ4v) is 3.18. The van der Waals surface area contributed by atoms with E-state index in [1.807, 2.05) is 29.0 Å². The minimum Gasteiger partial charge on any atom is -0.345 e. The molecule has 1 amide bonds. The molecule has 0 radical (unpaired) electrons. The van der Waals surface area contributed by atoms with Crippen LogP contribution < -0.4 is 10.9 Å². The molecule has 4 aromatic rings. The normalized spacial score (nSPS) is 11.0. The number of carbonyl (C=O) groups excluding carboxylic acids is 1. The van der Waals surface area contributed by atoms with Crippen molar-refractivity contribution in [1.29, 1.82) is 0 Å². The minimum atomic E-state index is -0.447. The minimum absolute atomic E-state index is 0.0485. The van der Waals surface area contributed by atoms with Gasteiger partial charge in [0.2, 0.25) is 0 Å². The number of aromatic nitrogens is 5. The molecule has 130 valence electrons. The number of carbonyl (C=O) groups is 1. The van der Waals surface area contributed by atoms with E-state index in [9.17, 15) is 9.59 Å². The molecule has 10 heteroatoms. The summed E-state index contributed by atoms with van der Waals surface area (Å²) in [5.74, 6) is 0.0924. The summed E-state index contributed by atoms with van der Waals surface area (Å²) in [6.07, 6.45) is 1.30. The third-order valence-electron chi connectivity index (χ3n) is 3.67. The number of hydrogen-bond donors (Lipinski definition) is 2. The molecule has 0 atom stereocenters. The molecular weight excluding hydrogens is 376 g/mol. The number of amides is 1. The highest BCUT2D eigenvalue weighted by molar-refractivity contribution is 7.08. The quantitative estimate of drug-likeness (QED) is 0.559. The fraction of sp³-hybridized carbons (Fsp3) is 0.0625. The highest BCUT2D eigenvalue weighted by Crippen LogP contribution is 2.20. The Balaban J connectivity index is 1.57. The number of H-pyrrole nitrogens is 1. The number of pyridine rings is 1. The molecule has 0 unspecified atom stereocenters. The van der Waals surface area contributed by atoms with Crippen molar-refractivity contribution in [2.75, 3.05) is 0 Å². The van der Waals surface area contributed by atoms with E-state index in [0.29, 0.717) is 11.5 Å². The van der Waals surface area contributed by atoms with Crippen LogP contribution in [0.3, 0.4) is 0 Å². The molecule has 4 rings (SSSR count). The first-order valence-electron chi connectivity index (χ1n) is 7.52. The van der Waals surface area contributed by atoms with Crippen molar-refractivity contribution in [3.05, 3.63) is 68.0 Å². The Kier molecular flexibility index (Phi) is 4.23. The van der Waals surface area contributed by atoms with Gasteiger partial charge >= 0.3 is 0 Å². The number of rotatable bonds is 4. The van der Waals surface area contributed by atoms with Gasteiger partial charge in [-0.1, -0.05) is 11.6 Å². The third kappa shape index (κ3) is 3.09. The van der Waals surface area contributed by atoms with E-state index in [0.717, 1.165) is 11.3 Å². The average Bonchev–Trinajstić information content (AvgIpc) is 3.31. The average molecular weight is 387 g/mol. The summed E-state index contributed by atoms with van der Waals surface area (Å²) in [5, 5.41) is 19.3. The standard InChI is InChI=1S/C16H11ClN6O2S/c17-11-5-10(6-18-16(11)25)15(24)19-7-14-21-20-13-2-1-12(22-23(13)14)9-3-4-26-8-9/h1-6,8H,7H2,(H,18,25)(H,19,24). The molecule has 0 aliphatic carbocycles. The van der Waals surface area contributed by atoms with Gasteiger partial charge in [-0.15, -0.1) is 10.2 Å². The van der Waals surface area contributed by atoms with Crippen molar-refractivity contribution in [3.63, 3.8) is 0 Å². The number of nitrogens with one attached hydrogen (secondary N) is 2. The smallest absolute Gasteiger partial charge is 0.266 e. The molecule has 26 heavy (non-hydrogen) atoms. The first-order valence-corrected chi connectivity index (χ1v) is 8.84. The molecule has 0 aliphatic heterocycles. The Morgan fingerprint density at radius 1 is 1.31 bits per heavy atom. The maximum Gasteiger partial charge on any atom is 0.266 e. The summed E-state index contributed by atoms with van der Waals surface area (Å²) in [7, 11) is 0. The Morgan fingerprint density at radius 2 is 2.19 bits per heavy atom. The second kappa shape index (κ2) is 6.70. The highest BCUT2D eigenvalue weighted by atomic mass is 35.5. The number of aromatic amines is 1. The highest BCUT2D eigenvalue weighted by Gasteiger charge is 2.12. The lowest BCUT2D eigenvalue weighted by molar-refractivity contribution is 0.0949. The van der Waals surface area contributed by atoms with Crippen LogP contribution in [0.5, 0.6) is 0 Å². The van der Waals surface area contributed by atoms with Crippen LogP contribution in [0.25, 0.3) is 16.9 Å². The predicted octanol–water partition coefficient (Wildman–Crippen LogP) is 2.12. The van der Waals surface area contributed by atoms with Gasteiger partial charge in [-0.3, -0.25) is 9.59 Å². The second-order valence-corrected chi connectivity index (χ2v) is 6.55. The van der Waals surface area contributed by atoms with Crippen LogP contribution in [0, 0.1) is 0 Å². The first-order chi connectivity index (χ1) is 12.6. The van der Waals surface area contributed by atoms with E-state index in [4.69, 9.17) is 11.6 Å². The summed E-state index contributed by atoms with van der Waals surface area (Å²) in [4.78, 5) is 25.9. The van der Waals surface area contributed by atoms with Gasteiger partial charge in [0, 0.05) is 17.1 Å². The summed E-state index contributed by atoms with van der Waals surface area (Å²) < 4.78 is 1.59. The van der Waals surface area contributed by atoms with E-state index in [2.05, 4.69) is 25.6 Å². The largest absolute Gasteiger partial charge is 0.345 e. The molecule has 0 bridgehead atoms. The van der Waals surface area contributed by atoms with Crippen LogP contribution in [0.2, 0.25) is 5.02 Å². The molecule has 0 saturated carbocycles. The van der Waals surface area contributed by atoms with Crippen molar-refractivity contribution in [2.45, 2.75) is 6.54 Å². The zero-order valence-electron chi connectivity index (χ0n) is 13.1. The maximum atomic E-state index is 12.2. The lowest BCUT2D eigenvalue weighted by atomic mass is 10.2. The number of halogens is 1. The fourth-order valence-electron chi connectivity index (χ4n) is 2.36. The molecule has 0 saturated heterocycles. The van der Waals surface area contributed by atoms with E-state index < -0.39 is 11.5 Å². The second-order valence-electron chi connectivity index (χ2n) is 5.36. The molecule has 8 nitrogen and oxygen atoms in total. The van der Waals surface area contributed by atoms with Crippen LogP contribution >= 0.6 is 22.9 Å². The van der Waals surface area contributed by atoms with Crippen molar-refractivity contribution in [3.8, 4) is 11.3 Å². The van der Waals surface area contributed by atoms with Crippen molar-refractivity contribution in [2.24, 2.45) is 0 Å². The lowest BCUT2D eigenvalue weighted by Gasteiger charge is -2.05. The van der Waals surface area contributed by atoms with Gasteiger partial charge in [-0.05, 0) is 29.6 Å². The topological polar surface area (TPSA) is 105 Å². The maximum absolute atomic E-state index is 12.2. The predicted molar refractivity (Wildman–Crippen MR) is 97.3 cm³/mol. The summed E-state index contributed by atoms with van der Waals surface area (Å²) in [5.41, 5.74) is 2.18. The van der Waals surface area contributed by atoms with Gasteiger partial charge in [0.25, 0.3) is 11.5 Å². The van der Waals surface area contributed by atoms with Crippen LogP contribution in [0.4, 0.5) is 0 Å². The molecule has 2 N–H and O–H groups in total. The van der Waals surface area contributed by atoms with Gasteiger partial charge in [0.15, 0.2) is 11.5 Å². The molecule has 0 aliphatic rings. The van der Waals surface area contributed by atoms with Crippen LogP contribution in [-0.2, 0) is 6.54 Å². The summed E-state index contributed by atoms with van der Waals surface area (Å²) in [6.45, 7) is 0.122. The molecule has 0 fully saturated rings. The number of fused-ring (bicyclic) bond motifs is 1. The van der Waals surface area contributed by atoms with Crippen LogP contribution in [0.15, 0.2) is 46.0 Å². The molecule has 0 spiro atoms. The zero-order chi connectivity index (χ0) is 18.1. The van der Waals surface area contributed by atoms with Crippen molar-refractivity contribution in [1.82, 2.24) is 30.1 Å². The molecule has 0 aromatic carbocycles. The Morgan fingerprint density at radius 3 is 2.96 bits per heavy atom. The summed E-state index contributed by atoms with van der Waals surface area (Å²) >= 11 is 7.33. The lowest BCUT2D eigenvalue weighted by Crippen LogP contribution is -2.25. The SMILES string of the molecule is O=C(NCc1nnc2ccc(-c3ccsc3)nn12)c1c[nH]c(=O)c(Cl)c1. The van der Waals surface area contributed by atoms with Gasteiger partial charge in [0.05, 0.1) is 17.8 Å².